The molecule has 0 aliphatic heterocycles. The highest BCUT2D eigenvalue weighted by atomic mass is 16.5. The third-order valence-electron chi connectivity index (χ3n) is 3.49. The molecule has 1 N–H and O–H groups in total. The van der Waals surface area contributed by atoms with Gasteiger partial charge in [0.1, 0.15) is 5.75 Å². The van der Waals surface area contributed by atoms with Crippen LogP contribution in [-0.4, -0.2) is 25.8 Å². The first-order valence-electron chi connectivity index (χ1n) is 7.46. The van der Waals surface area contributed by atoms with Gasteiger partial charge in [0.25, 0.3) is 0 Å². The van der Waals surface area contributed by atoms with E-state index in [4.69, 9.17) is 9.47 Å². The molecule has 1 aromatic rings. The lowest BCUT2D eigenvalue weighted by Gasteiger charge is -2.26. The SMILES string of the molecule is COc1cccc(C(CNC(C)C)OC(C)C(C)C)c1. The van der Waals surface area contributed by atoms with Crippen LogP contribution >= 0.6 is 0 Å². The fraction of sp³-hybridized carbons (Fsp3) is 0.647. The summed E-state index contributed by atoms with van der Waals surface area (Å²) in [6.45, 7) is 11.6. The first kappa shape index (κ1) is 17.0. The van der Waals surface area contributed by atoms with Crippen molar-refractivity contribution in [2.24, 2.45) is 5.92 Å². The molecule has 3 nitrogen and oxygen atoms in total. The second-order valence-electron chi connectivity index (χ2n) is 5.91. The van der Waals surface area contributed by atoms with Crippen molar-refractivity contribution < 1.29 is 9.47 Å². The molecule has 2 unspecified atom stereocenters. The predicted molar refractivity (Wildman–Crippen MR) is 84.3 cm³/mol. The molecule has 0 heterocycles. The van der Waals surface area contributed by atoms with Crippen LogP contribution in [0.2, 0.25) is 0 Å². The monoisotopic (exact) mass is 279 g/mol. The molecule has 1 rings (SSSR count). The maximum Gasteiger partial charge on any atom is 0.119 e. The van der Waals surface area contributed by atoms with Crippen LogP contribution in [0.3, 0.4) is 0 Å². The van der Waals surface area contributed by atoms with Gasteiger partial charge in [-0.05, 0) is 30.5 Å². The summed E-state index contributed by atoms with van der Waals surface area (Å²) in [5, 5.41) is 3.46. The maximum atomic E-state index is 6.23. The lowest BCUT2D eigenvalue weighted by atomic mass is 10.1. The summed E-state index contributed by atoms with van der Waals surface area (Å²) in [4.78, 5) is 0. The number of hydrogen-bond acceptors (Lipinski definition) is 3. The Bertz CT molecular complexity index is 390. The van der Waals surface area contributed by atoms with E-state index in [0.29, 0.717) is 12.0 Å². The standard InChI is InChI=1S/C17H29NO2/c1-12(2)14(5)20-17(11-18-13(3)4)15-8-7-9-16(10-15)19-6/h7-10,12-14,17-18H,11H2,1-6H3. The molecule has 0 aliphatic rings. The Morgan fingerprint density at radius 1 is 1.10 bits per heavy atom. The van der Waals surface area contributed by atoms with Gasteiger partial charge >= 0.3 is 0 Å². The normalized spacial score (nSPS) is 14.6. The van der Waals surface area contributed by atoms with Gasteiger partial charge in [-0.15, -0.1) is 0 Å². The minimum atomic E-state index is 0.0462. The average Bonchev–Trinajstić information content (AvgIpc) is 2.42. The van der Waals surface area contributed by atoms with Crippen LogP contribution in [-0.2, 0) is 4.74 Å². The highest BCUT2D eigenvalue weighted by Crippen LogP contribution is 2.24. The van der Waals surface area contributed by atoms with Gasteiger partial charge in [0, 0.05) is 12.6 Å². The van der Waals surface area contributed by atoms with Crippen molar-refractivity contribution in [3.05, 3.63) is 29.8 Å². The minimum absolute atomic E-state index is 0.0462. The summed E-state index contributed by atoms with van der Waals surface area (Å²) >= 11 is 0. The summed E-state index contributed by atoms with van der Waals surface area (Å²) in [6, 6.07) is 8.57. The highest BCUT2D eigenvalue weighted by molar-refractivity contribution is 5.30. The van der Waals surface area contributed by atoms with Gasteiger partial charge in [-0.25, -0.2) is 0 Å². The van der Waals surface area contributed by atoms with E-state index in [1.165, 1.54) is 0 Å². The summed E-state index contributed by atoms with van der Waals surface area (Å²) in [7, 11) is 1.69. The fourth-order valence-corrected chi connectivity index (χ4v) is 1.85. The summed E-state index contributed by atoms with van der Waals surface area (Å²) in [5.74, 6) is 1.38. The first-order chi connectivity index (χ1) is 9.43. The van der Waals surface area contributed by atoms with Crippen LogP contribution in [0, 0.1) is 5.92 Å². The van der Waals surface area contributed by atoms with E-state index in [-0.39, 0.29) is 12.2 Å². The number of methoxy groups -OCH3 is 1. The van der Waals surface area contributed by atoms with Gasteiger partial charge in [-0.1, -0.05) is 39.8 Å². The first-order valence-corrected chi connectivity index (χ1v) is 7.46. The topological polar surface area (TPSA) is 30.5 Å². The highest BCUT2D eigenvalue weighted by Gasteiger charge is 2.18. The molecule has 0 fully saturated rings. The van der Waals surface area contributed by atoms with Crippen molar-refractivity contribution in [1.29, 1.82) is 0 Å². The van der Waals surface area contributed by atoms with E-state index in [1.807, 2.05) is 12.1 Å². The Hall–Kier alpha value is -1.06. The zero-order valence-corrected chi connectivity index (χ0v) is 13.6. The predicted octanol–water partition coefficient (Wildman–Crippen LogP) is 3.80. The smallest absolute Gasteiger partial charge is 0.119 e. The molecule has 0 radical (unpaired) electrons. The maximum absolute atomic E-state index is 6.23. The number of nitrogens with one attached hydrogen (secondary N) is 1. The zero-order chi connectivity index (χ0) is 15.1. The van der Waals surface area contributed by atoms with E-state index >= 15 is 0 Å². The second kappa shape index (κ2) is 8.28. The van der Waals surface area contributed by atoms with Gasteiger partial charge in [-0.2, -0.15) is 0 Å². The van der Waals surface area contributed by atoms with Crippen molar-refractivity contribution in [2.45, 2.75) is 52.9 Å². The van der Waals surface area contributed by atoms with Crippen LogP contribution in [0.25, 0.3) is 0 Å². The van der Waals surface area contributed by atoms with E-state index in [1.54, 1.807) is 7.11 Å². The third kappa shape index (κ3) is 5.51. The zero-order valence-electron chi connectivity index (χ0n) is 13.6. The molecule has 20 heavy (non-hydrogen) atoms. The van der Waals surface area contributed by atoms with Crippen molar-refractivity contribution >= 4 is 0 Å². The van der Waals surface area contributed by atoms with Crippen LogP contribution < -0.4 is 10.1 Å². The van der Waals surface area contributed by atoms with E-state index in [9.17, 15) is 0 Å². The third-order valence-corrected chi connectivity index (χ3v) is 3.49. The fourth-order valence-electron chi connectivity index (χ4n) is 1.85. The molecule has 2 atom stereocenters. The Labute approximate surface area is 123 Å². The van der Waals surface area contributed by atoms with Gasteiger partial charge in [0.15, 0.2) is 0 Å². The summed E-state index contributed by atoms with van der Waals surface area (Å²) in [6.07, 6.45) is 0.269. The van der Waals surface area contributed by atoms with Crippen LogP contribution in [0.1, 0.15) is 46.3 Å². The number of hydrogen-bond donors (Lipinski definition) is 1. The second-order valence-corrected chi connectivity index (χ2v) is 5.91. The van der Waals surface area contributed by atoms with Gasteiger partial charge in [0.2, 0.25) is 0 Å². The quantitative estimate of drug-likeness (QED) is 0.785. The molecular weight excluding hydrogens is 250 g/mol. The number of benzene rings is 1. The van der Waals surface area contributed by atoms with Crippen molar-refractivity contribution in [3.8, 4) is 5.75 Å². The lowest BCUT2D eigenvalue weighted by molar-refractivity contribution is -0.0267. The molecule has 0 saturated heterocycles. The molecule has 0 aliphatic carbocycles. The number of rotatable bonds is 8. The summed E-state index contributed by atoms with van der Waals surface area (Å²) < 4.78 is 11.5. The van der Waals surface area contributed by atoms with E-state index in [0.717, 1.165) is 17.9 Å². The Morgan fingerprint density at radius 3 is 2.35 bits per heavy atom. The molecular formula is C17H29NO2. The largest absolute Gasteiger partial charge is 0.497 e. The Balaban J connectivity index is 2.84. The van der Waals surface area contributed by atoms with Crippen LogP contribution in [0.5, 0.6) is 5.75 Å². The van der Waals surface area contributed by atoms with Gasteiger partial charge < -0.3 is 14.8 Å². The lowest BCUT2D eigenvalue weighted by Crippen LogP contribution is -2.31. The van der Waals surface area contributed by atoms with E-state index < -0.39 is 0 Å². The molecule has 0 spiro atoms. The minimum Gasteiger partial charge on any atom is -0.497 e. The molecule has 0 saturated carbocycles. The van der Waals surface area contributed by atoms with E-state index in [2.05, 4.69) is 52.1 Å². The van der Waals surface area contributed by atoms with Crippen LogP contribution in [0.15, 0.2) is 24.3 Å². The molecule has 114 valence electrons. The average molecular weight is 279 g/mol. The number of ether oxygens (including phenoxy) is 2. The Morgan fingerprint density at radius 2 is 1.80 bits per heavy atom. The molecule has 0 bridgehead atoms. The molecule has 1 aromatic carbocycles. The molecule has 3 heteroatoms. The van der Waals surface area contributed by atoms with Crippen molar-refractivity contribution in [3.63, 3.8) is 0 Å². The molecule has 0 amide bonds. The van der Waals surface area contributed by atoms with Crippen LogP contribution in [0.4, 0.5) is 0 Å². The van der Waals surface area contributed by atoms with Gasteiger partial charge in [-0.3, -0.25) is 0 Å². The molecule has 0 aromatic heterocycles. The van der Waals surface area contributed by atoms with Crippen molar-refractivity contribution in [2.75, 3.05) is 13.7 Å². The van der Waals surface area contributed by atoms with Crippen molar-refractivity contribution in [1.82, 2.24) is 5.32 Å². The summed E-state index contributed by atoms with van der Waals surface area (Å²) in [5.41, 5.74) is 1.16. The Kier molecular flexibility index (Phi) is 7.03. The van der Waals surface area contributed by atoms with Gasteiger partial charge in [0.05, 0.1) is 19.3 Å².